The average Bonchev–Trinajstić information content (AvgIpc) is 4.14. The molecule has 13 rings (SSSR count). The van der Waals surface area contributed by atoms with Crippen molar-refractivity contribution >= 4 is 43.7 Å². The summed E-state index contributed by atoms with van der Waals surface area (Å²) < 4.78 is 13.6. The van der Waals surface area contributed by atoms with Gasteiger partial charge < -0.3 is 24.1 Å². The highest BCUT2D eigenvalue weighted by molar-refractivity contribution is 9.10. The Kier molecular flexibility index (Phi) is 8.48. The van der Waals surface area contributed by atoms with Crippen LogP contribution in [-0.4, -0.2) is 60.5 Å². The van der Waals surface area contributed by atoms with Crippen LogP contribution in [0.5, 0.6) is 0 Å². The number of halogens is 2. The normalized spacial score (nSPS) is 31.4. The lowest BCUT2D eigenvalue weighted by Crippen LogP contribution is -2.63. The van der Waals surface area contributed by atoms with Gasteiger partial charge in [-0.15, -0.1) is 0 Å². The molecule has 4 aliphatic heterocycles. The first-order valence-electron chi connectivity index (χ1n) is 22.8. The van der Waals surface area contributed by atoms with Crippen molar-refractivity contribution in [2.75, 3.05) is 6.54 Å². The van der Waals surface area contributed by atoms with Crippen LogP contribution in [0.15, 0.2) is 125 Å². The molecule has 4 aromatic carbocycles. The lowest BCUT2D eigenvalue weighted by atomic mass is 9.38. The molecule has 2 saturated heterocycles. The van der Waals surface area contributed by atoms with Crippen molar-refractivity contribution in [3.63, 3.8) is 0 Å². The topological polar surface area (TPSA) is 94.3 Å². The molecule has 11 heteroatoms. The molecule has 9 nitrogen and oxygen atoms in total. The molecule has 6 atom stereocenters. The highest BCUT2D eigenvalue weighted by Gasteiger charge is 2.71. The van der Waals surface area contributed by atoms with Gasteiger partial charge in [-0.2, -0.15) is 0 Å². The zero-order valence-electron chi connectivity index (χ0n) is 35.0. The fourth-order valence-electron chi connectivity index (χ4n) is 14.2. The number of ether oxygens (including phenoxy) is 1. The number of aromatic nitrogens is 4. The first kappa shape index (κ1) is 38.6. The molecule has 1 N–H and O–H groups in total. The minimum absolute atomic E-state index is 0.0768. The second-order valence-corrected chi connectivity index (χ2v) is 21.3. The van der Waals surface area contributed by atoms with Crippen LogP contribution in [0.2, 0.25) is 0 Å². The summed E-state index contributed by atoms with van der Waals surface area (Å²) in [5, 5.41) is 3.63. The van der Waals surface area contributed by atoms with E-state index in [0.717, 1.165) is 78.8 Å². The van der Waals surface area contributed by atoms with Crippen LogP contribution in [0.1, 0.15) is 105 Å². The van der Waals surface area contributed by atoms with Gasteiger partial charge in [0.1, 0.15) is 22.7 Å². The van der Waals surface area contributed by atoms with Crippen molar-refractivity contribution in [3.8, 4) is 22.8 Å². The van der Waals surface area contributed by atoms with Gasteiger partial charge in [-0.1, -0.05) is 98.6 Å². The summed E-state index contributed by atoms with van der Waals surface area (Å²) in [5.74, 6) is 1.94. The van der Waals surface area contributed by atoms with E-state index < -0.39 is 11.1 Å². The van der Waals surface area contributed by atoms with Gasteiger partial charge in [-0.05, 0) is 114 Å². The zero-order valence-corrected chi connectivity index (χ0v) is 38.2. The Bertz CT molecular complexity index is 2840. The van der Waals surface area contributed by atoms with E-state index in [2.05, 4.69) is 148 Å². The minimum atomic E-state index is -0.799. The Labute approximate surface area is 383 Å². The molecule has 0 bridgehead atoms. The number of fused-ring (bicyclic) bond motifs is 7. The van der Waals surface area contributed by atoms with Crippen LogP contribution in [0, 0.1) is 10.8 Å². The summed E-state index contributed by atoms with van der Waals surface area (Å²) >= 11 is 7.33. The van der Waals surface area contributed by atoms with Gasteiger partial charge in [-0.3, -0.25) is 9.59 Å². The number of carbonyl (C=O) groups excluding carboxylic acids is 2. The second-order valence-electron chi connectivity index (χ2n) is 19.4. The number of benzene rings is 4. The van der Waals surface area contributed by atoms with Crippen molar-refractivity contribution in [1.82, 2.24) is 29.3 Å². The third-order valence-electron chi connectivity index (χ3n) is 17.2. The molecule has 63 heavy (non-hydrogen) atoms. The standard InChI is InChI=1S/C52H48Br2N6O3/c53-34-14-10-32(11-15-34)51(30-44(61)57-43-18-19-49-20-22-50(43,49)23-21-49)39-8-3-6-37(46(39)48-56-25-28-60(48)51)42-29-40-41(63-42)9-4-26-58(40)45(62)31-52(33-12-16-35(54)17-13-33)38-7-2-1-5-36(38)47-55-24-27-59(47)52/h1-3,5-8,10-17,24-25,27-28,40-43H,4,9,18-23,26,29-31H2,(H,57,61)/t40?,41?,42?,43-,49?,50?,51?,52?/m0/s1. The van der Waals surface area contributed by atoms with Gasteiger partial charge in [0.15, 0.2) is 0 Å². The number of imidazole rings is 2. The molecule has 0 radical (unpaired) electrons. The first-order valence-corrected chi connectivity index (χ1v) is 24.4. The van der Waals surface area contributed by atoms with Crippen LogP contribution in [0.25, 0.3) is 22.8 Å². The maximum atomic E-state index is 15.2. The van der Waals surface area contributed by atoms with Crippen molar-refractivity contribution in [2.45, 2.75) is 106 Å². The Hall–Kier alpha value is -4.84. The Morgan fingerprint density at radius 2 is 1.40 bits per heavy atom. The van der Waals surface area contributed by atoms with Crippen LogP contribution >= 0.6 is 31.9 Å². The minimum Gasteiger partial charge on any atom is -0.368 e. The van der Waals surface area contributed by atoms with Gasteiger partial charge in [0.05, 0.1) is 31.1 Å². The third kappa shape index (κ3) is 5.18. The SMILES string of the molecule is O=C(CC1(c2ccc(Br)cc2)c2cccc(C3CC4C(CCCN4C(=O)CC4(c5ccc(Br)cc5)c5ccccc5-c5nccn54)O3)c2-c2nccn21)N[C@H]1CCC23CCC12CC3. The van der Waals surface area contributed by atoms with E-state index in [1.165, 1.54) is 32.1 Å². The Morgan fingerprint density at radius 1 is 0.730 bits per heavy atom. The molecule has 6 aromatic rings. The number of rotatable bonds is 8. The lowest BCUT2D eigenvalue weighted by molar-refractivity contribution is -0.166. The molecule has 7 aliphatic rings. The molecular formula is C52H48Br2N6O3. The number of amides is 2. The lowest BCUT2D eigenvalue weighted by Gasteiger charge is -2.67. The maximum Gasteiger partial charge on any atom is 0.226 e. The van der Waals surface area contributed by atoms with E-state index in [-0.39, 0.29) is 48.9 Å². The van der Waals surface area contributed by atoms with E-state index in [0.29, 0.717) is 23.8 Å². The molecule has 6 heterocycles. The van der Waals surface area contributed by atoms with Crippen molar-refractivity contribution in [3.05, 3.63) is 153 Å². The van der Waals surface area contributed by atoms with Gasteiger partial charge in [0, 0.05) is 63.9 Å². The molecule has 5 fully saturated rings. The summed E-state index contributed by atoms with van der Waals surface area (Å²) in [4.78, 5) is 41.8. The molecule has 3 saturated carbocycles. The van der Waals surface area contributed by atoms with E-state index in [1.54, 1.807) is 0 Å². The molecule has 3 aliphatic carbocycles. The van der Waals surface area contributed by atoms with Crippen LogP contribution < -0.4 is 5.32 Å². The predicted molar refractivity (Wildman–Crippen MR) is 247 cm³/mol. The Morgan fingerprint density at radius 3 is 2.10 bits per heavy atom. The molecule has 2 amide bonds. The summed E-state index contributed by atoms with van der Waals surface area (Å²) in [7, 11) is 0. The third-order valence-corrected chi connectivity index (χ3v) is 18.3. The van der Waals surface area contributed by atoms with Crippen molar-refractivity contribution in [1.29, 1.82) is 0 Å². The van der Waals surface area contributed by atoms with Gasteiger partial charge in [-0.25, -0.2) is 9.97 Å². The van der Waals surface area contributed by atoms with E-state index >= 15 is 4.79 Å². The number of hydrogen-bond acceptors (Lipinski definition) is 5. The molecular weight excluding hydrogens is 916 g/mol. The molecule has 5 unspecified atom stereocenters. The van der Waals surface area contributed by atoms with Gasteiger partial charge in [0.25, 0.3) is 0 Å². The molecule has 318 valence electrons. The highest BCUT2D eigenvalue weighted by Crippen LogP contribution is 2.77. The van der Waals surface area contributed by atoms with E-state index in [4.69, 9.17) is 14.7 Å². The van der Waals surface area contributed by atoms with E-state index in [1.807, 2.05) is 18.6 Å². The maximum absolute atomic E-state index is 15.2. The van der Waals surface area contributed by atoms with Crippen molar-refractivity contribution < 1.29 is 14.3 Å². The fraction of sp³-hybridized carbons (Fsp3) is 0.385. The number of carbonyl (C=O) groups is 2. The average molecular weight is 965 g/mol. The second kappa shape index (κ2) is 13.8. The summed E-state index contributed by atoms with van der Waals surface area (Å²) in [6.45, 7) is 0.688. The summed E-state index contributed by atoms with van der Waals surface area (Å²) in [5.41, 5.74) is 6.69. The van der Waals surface area contributed by atoms with Crippen molar-refractivity contribution in [2.24, 2.45) is 10.8 Å². The zero-order chi connectivity index (χ0) is 42.3. The largest absolute Gasteiger partial charge is 0.368 e. The summed E-state index contributed by atoms with van der Waals surface area (Å²) in [6, 6.07) is 32.0. The monoisotopic (exact) mass is 962 g/mol. The van der Waals surface area contributed by atoms with Crippen LogP contribution in [0.3, 0.4) is 0 Å². The van der Waals surface area contributed by atoms with Gasteiger partial charge >= 0.3 is 0 Å². The van der Waals surface area contributed by atoms with E-state index in [9.17, 15) is 4.79 Å². The summed E-state index contributed by atoms with van der Waals surface area (Å²) in [6.07, 6.45) is 17.9. The van der Waals surface area contributed by atoms with Crippen LogP contribution in [0.4, 0.5) is 0 Å². The number of nitrogens with one attached hydrogen (secondary N) is 1. The number of piperidine rings is 1. The quantitative estimate of drug-likeness (QED) is 0.164. The number of nitrogens with zero attached hydrogens (tertiary/aromatic N) is 5. The fourth-order valence-corrected chi connectivity index (χ4v) is 14.7. The predicted octanol–water partition coefficient (Wildman–Crippen LogP) is 10.3. The Balaban J connectivity index is 0.844. The molecule has 0 spiro atoms. The smallest absolute Gasteiger partial charge is 0.226 e. The first-order chi connectivity index (χ1) is 30.7. The number of hydrogen-bond donors (Lipinski definition) is 1. The highest BCUT2D eigenvalue weighted by atomic mass is 79.9. The molecule has 2 aromatic heterocycles. The van der Waals surface area contributed by atoms with Crippen LogP contribution in [-0.2, 0) is 25.4 Å². The number of likely N-dealkylation sites (tertiary alicyclic amines) is 1. The van der Waals surface area contributed by atoms with Gasteiger partial charge in [0.2, 0.25) is 11.8 Å².